The lowest BCUT2D eigenvalue weighted by atomic mass is 10.0. The number of hydrazine groups is 1. The highest BCUT2D eigenvalue weighted by Gasteiger charge is 2.21. The molecule has 10 nitrogen and oxygen atoms in total. The molecule has 0 radical (unpaired) electrons. The molecule has 35 heavy (non-hydrogen) atoms. The van der Waals surface area contributed by atoms with E-state index >= 15 is 0 Å². The van der Waals surface area contributed by atoms with Crippen LogP contribution in [0, 0.1) is 5.92 Å². The number of aromatic nitrogens is 2. The number of nitrogens with one attached hydrogen (secondary N) is 1. The molecule has 3 heterocycles. The van der Waals surface area contributed by atoms with E-state index in [0.29, 0.717) is 17.3 Å². The smallest absolute Gasteiger partial charge is 0.411 e. The van der Waals surface area contributed by atoms with Crippen LogP contribution in [-0.4, -0.2) is 54.1 Å². The number of carbonyl (C=O) groups is 1. The summed E-state index contributed by atoms with van der Waals surface area (Å²) in [5.74, 6) is 6.74. The summed E-state index contributed by atoms with van der Waals surface area (Å²) in [5.41, 5.74) is 10.8. The van der Waals surface area contributed by atoms with Crippen molar-refractivity contribution in [2.75, 3.05) is 32.7 Å². The lowest BCUT2D eigenvalue weighted by molar-refractivity contribution is 0.0619. The van der Waals surface area contributed by atoms with Gasteiger partial charge in [-0.2, -0.15) is 0 Å². The predicted molar refractivity (Wildman–Crippen MR) is 136 cm³/mol. The Morgan fingerprint density at radius 1 is 1.29 bits per heavy atom. The van der Waals surface area contributed by atoms with Gasteiger partial charge in [-0.05, 0) is 56.9 Å². The van der Waals surface area contributed by atoms with E-state index in [2.05, 4.69) is 9.88 Å². The number of anilines is 1. The van der Waals surface area contributed by atoms with Gasteiger partial charge < -0.3 is 29.5 Å². The lowest BCUT2D eigenvalue weighted by Gasteiger charge is -2.23. The topological polar surface area (TPSA) is 130 Å². The number of methoxy groups -OCH3 is 1. The summed E-state index contributed by atoms with van der Waals surface area (Å²) in [7, 11) is 3.21. The normalized spacial score (nSPS) is 15.4. The number of fused-ring (bicyclic) bond motifs is 3. The van der Waals surface area contributed by atoms with Crippen molar-refractivity contribution >= 4 is 39.4 Å². The Morgan fingerprint density at radius 2 is 2.03 bits per heavy atom. The van der Waals surface area contributed by atoms with Crippen LogP contribution in [0.5, 0.6) is 0 Å². The molecule has 0 bridgehead atoms. The van der Waals surface area contributed by atoms with E-state index in [1.54, 1.807) is 13.2 Å². The van der Waals surface area contributed by atoms with E-state index in [9.17, 15) is 4.79 Å². The Hall–Kier alpha value is -3.50. The Balaban J connectivity index is 1.85. The van der Waals surface area contributed by atoms with Crippen molar-refractivity contribution in [3.63, 3.8) is 0 Å². The first-order valence-electron chi connectivity index (χ1n) is 11.8. The molecule has 188 valence electrons. The van der Waals surface area contributed by atoms with Crippen LogP contribution in [0.4, 0.5) is 10.5 Å². The van der Waals surface area contributed by atoms with Gasteiger partial charge in [-0.25, -0.2) is 10.6 Å². The number of hydrogen-bond acceptors (Lipinski definition) is 8. The quantitative estimate of drug-likeness (QED) is 0.265. The van der Waals surface area contributed by atoms with Gasteiger partial charge in [0.25, 0.3) is 0 Å². The highest BCUT2D eigenvalue weighted by molar-refractivity contribution is 6.07. The number of hydrogen-bond donors (Lipinski definition) is 3. The van der Waals surface area contributed by atoms with E-state index in [0.717, 1.165) is 60.1 Å². The maximum atomic E-state index is 12.2. The molecule has 0 atom stereocenters. The van der Waals surface area contributed by atoms with Gasteiger partial charge in [0, 0.05) is 49.6 Å². The van der Waals surface area contributed by atoms with E-state index in [1.807, 2.05) is 38.1 Å². The van der Waals surface area contributed by atoms with Crippen molar-refractivity contribution in [2.45, 2.75) is 39.3 Å². The molecule has 1 saturated heterocycles. The molecule has 0 saturated carbocycles. The zero-order valence-electron chi connectivity index (χ0n) is 20.7. The number of ether oxygens (including phenoxy) is 3. The average Bonchev–Trinajstić information content (AvgIpc) is 3.11. The van der Waals surface area contributed by atoms with Crippen LogP contribution in [0.1, 0.15) is 32.3 Å². The highest BCUT2D eigenvalue weighted by Crippen LogP contribution is 2.33. The third kappa shape index (κ3) is 5.28. The summed E-state index contributed by atoms with van der Waals surface area (Å²) < 4.78 is 18.3. The third-order valence-electron chi connectivity index (χ3n) is 6.15. The van der Waals surface area contributed by atoms with Crippen LogP contribution >= 0.6 is 0 Å². The van der Waals surface area contributed by atoms with Gasteiger partial charge >= 0.3 is 6.09 Å². The Kier molecular flexibility index (Phi) is 7.32. The molecule has 0 spiro atoms. The van der Waals surface area contributed by atoms with Crippen LogP contribution in [0.2, 0.25) is 0 Å². The Bertz CT molecular complexity index is 1240. The number of amides is 1. The maximum absolute atomic E-state index is 12.2. The summed E-state index contributed by atoms with van der Waals surface area (Å²) in [6, 6.07) is 7.84. The minimum absolute atomic E-state index is 0.205. The van der Waals surface area contributed by atoms with Gasteiger partial charge in [0.2, 0.25) is 5.88 Å². The molecule has 1 aliphatic heterocycles. The fourth-order valence-corrected chi connectivity index (χ4v) is 4.52. The van der Waals surface area contributed by atoms with E-state index in [-0.39, 0.29) is 12.0 Å². The summed E-state index contributed by atoms with van der Waals surface area (Å²) in [6.07, 6.45) is 3.03. The van der Waals surface area contributed by atoms with Crippen molar-refractivity contribution in [1.82, 2.24) is 14.6 Å². The van der Waals surface area contributed by atoms with Gasteiger partial charge in [-0.3, -0.25) is 10.3 Å². The fourth-order valence-electron chi connectivity index (χ4n) is 4.52. The van der Waals surface area contributed by atoms with Crippen LogP contribution in [0.15, 0.2) is 36.3 Å². The van der Waals surface area contributed by atoms with E-state index in [1.165, 1.54) is 12.1 Å². The third-order valence-corrected chi connectivity index (χ3v) is 6.15. The molecule has 0 aliphatic carbocycles. The maximum Gasteiger partial charge on any atom is 0.411 e. The first-order valence-corrected chi connectivity index (χ1v) is 11.8. The zero-order chi connectivity index (χ0) is 25.1. The molecule has 2 aromatic heterocycles. The van der Waals surface area contributed by atoms with Crippen molar-refractivity contribution in [2.24, 2.45) is 17.5 Å². The Morgan fingerprint density at radius 3 is 2.69 bits per heavy atom. The summed E-state index contributed by atoms with van der Waals surface area (Å²) >= 11 is 0. The monoisotopic (exact) mass is 482 g/mol. The first kappa shape index (κ1) is 24.6. The standard InChI is InChI=1S/C25H34N6O4/c1-15(2)35-25(32)29-18-5-6-19-20(12-18)31(14-16-7-9-34-10-8-16)21-11-17(13-28-22(19)21)23(30(3)27)24(26)33-4/h5-6,11-13,15-16H,7-10,14,26-27H2,1-4H3,(H,29,32)/b24-23+. The highest BCUT2D eigenvalue weighted by atomic mass is 16.6. The molecule has 10 heteroatoms. The second kappa shape index (κ2) is 10.4. The number of rotatable bonds is 7. The minimum Gasteiger partial charge on any atom is -0.481 e. The van der Waals surface area contributed by atoms with Gasteiger partial charge in [0.15, 0.2) is 0 Å². The SMILES string of the molecule is CO/C(N)=C(\c1cnc2c3ccc(NC(=O)OC(C)C)cc3n(CC3CCOCC3)c2c1)N(C)N. The molecular formula is C25H34N6O4. The van der Waals surface area contributed by atoms with Crippen molar-refractivity contribution in [1.29, 1.82) is 0 Å². The van der Waals surface area contributed by atoms with E-state index in [4.69, 9.17) is 30.8 Å². The number of nitrogens with two attached hydrogens (primary N) is 2. The van der Waals surface area contributed by atoms with Gasteiger partial charge in [0.1, 0.15) is 5.70 Å². The largest absolute Gasteiger partial charge is 0.481 e. The molecule has 1 aliphatic rings. The Labute approximate surface area is 204 Å². The summed E-state index contributed by atoms with van der Waals surface area (Å²) in [6.45, 7) is 5.94. The molecule has 1 aromatic carbocycles. The summed E-state index contributed by atoms with van der Waals surface area (Å²) in [5, 5.41) is 5.25. The predicted octanol–water partition coefficient (Wildman–Crippen LogP) is 3.61. The van der Waals surface area contributed by atoms with Gasteiger partial charge in [0.05, 0.1) is 29.8 Å². The molecule has 3 aromatic rings. The van der Waals surface area contributed by atoms with Crippen molar-refractivity contribution in [3.8, 4) is 0 Å². The lowest BCUT2D eigenvalue weighted by Crippen LogP contribution is -2.27. The van der Waals surface area contributed by atoms with Crippen LogP contribution < -0.4 is 16.9 Å². The number of carbonyl (C=O) groups excluding carboxylic acids is 1. The number of pyridine rings is 1. The van der Waals surface area contributed by atoms with Crippen LogP contribution in [-0.2, 0) is 20.8 Å². The molecule has 5 N–H and O–H groups in total. The van der Waals surface area contributed by atoms with Crippen molar-refractivity contribution in [3.05, 3.63) is 41.9 Å². The molecule has 0 unspecified atom stereocenters. The number of benzene rings is 1. The molecular weight excluding hydrogens is 448 g/mol. The zero-order valence-corrected chi connectivity index (χ0v) is 20.7. The molecule has 4 rings (SSSR count). The average molecular weight is 483 g/mol. The molecule has 1 amide bonds. The van der Waals surface area contributed by atoms with Crippen molar-refractivity contribution < 1.29 is 19.0 Å². The molecule has 1 fully saturated rings. The second-order valence-electron chi connectivity index (χ2n) is 9.10. The van der Waals surface area contributed by atoms with Crippen LogP contribution in [0.25, 0.3) is 27.6 Å². The van der Waals surface area contributed by atoms with Crippen LogP contribution in [0.3, 0.4) is 0 Å². The first-order chi connectivity index (χ1) is 16.8. The number of nitrogens with zero attached hydrogens (tertiary/aromatic N) is 3. The van der Waals surface area contributed by atoms with Gasteiger partial charge in [-0.15, -0.1) is 0 Å². The second-order valence-corrected chi connectivity index (χ2v) is 9.10. The summed E-state index contributed by atoms with van der Waals surface area (Å²) in [4.78, 5) is 17.0. The minimum atomic E-state index is -0.484. The fraction of sp³-hybridized carbons (Fsp3) is 0.440. The van der Waals surface area contributed by atoms with Gasteiger partial charge in [-0.1, -0.05) is 0 Å². The van der Waals surface area contributed by atoms with E-state index < -0.39 is 6.09 Å².